The van der Waals surface area contributed by atoms with Crippen LogP contribution in [0.1, 0.15) is 92.9 Å². The average molecular weight is 505 g/mol. The SMILES string of the molecule is CC1(C)CC[C@]2(C(=O)O)CC[C@]3(C)C(=CCC4[C@@]5(C)C[C@@H](O)[C@H](O)[C@@](C)(CO)C5C(O)C[C@]43C)[C@@H]2C1. The van der Waals surface area contributed by atoms with E-state index in [9.17, 15) is 30.3 Å². The number of carboxylic acid groups (broad SMARTS) is 1. The van der Waals surface area contributed by atoms with E-state index in [2.05, 4.69) is 40.7 Å². The van der Waals surface area contributed by atoms with Crippen molar-refractivity contribution in [1.29, 1.82) is 0 Å². The van der Waals surface area contributed by atoms with Gasteiger partial charge in [0.15, 0.2) is 0 Å². The predicted molar refractivity (Wildman–Crippen MR) is 137 cm³/mol. The lowest BCUT2D eigenvalue weighted by atomic mass is 9.33. The van der Waals surface area contributed by atoms with Crippen LogP contribution in [0, 0.1) is 50.2 Å². The quantitative estimate of drug-likeness (QED) is 0.361. The number of carbonyl (C=O) groups is 1. The molecule has 5 rings (SSSR count). The van der Waals surface area contributed by atoms with Crippen LogP contribution in [-0.2, 0) is 4.79 Å². The molecule has 4 saturated carbocycles. The van der Waals surface area contributed by atoms with Crippen molar-refractivity contribution in [3.8, 4) is 0 Å². The Morgan fingerprint density at radius 3 is 2.17 bits per heavy atom. The number of aliphatic carboxylic acids is 1. The first kappa shape index (κ1) is 26.6. The highest BCUT2D eigenvalue weighted by atomic mass is 16.4. The van der Waals surface area contributed by atoms with Gasteiger partial charge in [-0.2, -0.15) is 0 Å². The molecule has 6 nitrogen and oxygen atoms in total. The number of hydrogen-bond acceptors (Lipinski definition) is 5. The largest absolute Gasteiger partial charge is 0.481 e. The Labute approximate surface area is 216 Å². The first-order valence-electron chi connectivity index (χ1n) is 14.1. The third-order valence-corrected chi connectivity index (χ3v) is 13.0. The molecule has 0 radical (unpaired) electrons. The highest BCUT2D eigenvalue weighted by molar-refractivity contribution is 5.76. The molecule has 4 fully saturated rings. The monoisotopic (exact) mass is 504 g/mol. The number of hydrogen-bond donors (Lipinski definition) is 5. The molecule has 6 heteroatoms. The van der Waals surface area contributed by atoms with E-state index < -0.39 is 40.5 Å². The van der Waals surface area contributed by atoms with Crippen LogP contribution in [0.3, 0.4) is 0 Å². The Hall–Kier alpha value is -0.950. The minimum atomic E-state index is -1.08. The fourth-order valence-electron chi connectivity index (χ4n) is 10.9. The van der Waals surface area contributed by atoms with Crippen molar-refractivity contribution in [2.45, 2.75) is 111 Å². The molecule has 204 valence electrons. The number of fused-ring (bicyclic) bond motifs is 7. The molecule has 0 saturated heterocycles. The van der Waals surface area contributed by atoms with Crippen LogP contribution in [-0.4, -0.2) is 56.4 Å². The summed E-state index contributed by atoms with van der Waals surface area (Å²) in [6.45, 7) is 12.8. The summed E-state index contributed by atoms with van der Waals surface area (Å²) in [5, 5.41) is 54.6. The van der Waals surface area contributed by atoms with E-state index in [0.29, 0.717) is 19.3 Å². The molecule has 0 bridgehead atoms. The molecule has 0 aromatic carbocycles. The zero-order chi connectivity index (χ0) is 26.7. The van der Waals surface area contributed by atoms with Crippen molar-refractivity contribution in [3.05, 3.63) is 11.6 Å². The molecule has 11 atom stereocenters. The Kier molecular flexibility index (Phi) is 5.77. The maximum absolute atomic E-state index is 12.8. The lowest BCUT2D eigenvalue weighted by Crippen LogP contribution is -2.71. The second-order valence-electron chi connectivity index (χ2n) is 15.2. The summed E-state index contributed by atoms with van der Waals surface area (Å²) in [5.41, 5.74) is -1.32. The van der Waals surface area contributed by atoms with Crippen molar-refractivity contribution in [3.63, 3.8) is 0 Å². The molecular weight excluding hydrogens is 456 g/mol. The molecule has 5 aliphatic rings. The molecule has 0 spiro atoms. The molecule has 0 aliphatic heterocycles. The molecule has 5 aliphatic carbocycles. The van der Waals surface area contributed by atoms with Gasteiger partial charge in [-0.3, -0.25) is 4.79 Å². The van der Waals surface area contributed by atoms with E-state index in [1.54, 1.807) is 0 Å². The number of rotatable bonds is 2. The van der Waals surface area contributed by atoms with Gasteiger partial charge in [-0.1, -0.05) is 53.2 Å². The van der Waals surface area contributed by atoms with E-state index in [1.807, 2.05) is 6.92 Å². The summed E-state index contributed by atoms with van der Waals surface area (Å²) in [5.74, 6) is -0.842. The van der Waals surface area contributed by atoms with Gasteiger partial charge in [-0.05, 0) is 84.9 Å². The summed E-state index contributed by atoms with van der Waals surface area (Å²) in [4.78, 5) is 12.8. The zero-order valence-electron chi connectivity index (χ0n) is 23.0. The third kappa shape index (κ3) is 3.08. The van der Waals surface area contributed by atoms with Crippen LogP contribution in [0.25, 0.3) is 0 Å². The van der Waals surface area contributed by atoms with Crippen LogP contribution in [0.4, 0.5) is 0 Å². The van der Waals surface area contributed by atoms with E-state index in [1.165, 1.54) is 5.57 Å². The van der Waals surface area contributed by atoms with Crippen LogP contribution < -0.4 is 0 Å². The van der Waals surface area contributed by atoms with Crippen LogP contribution in [0.5, 0.6) is 0 Å². The van der Waals surface area contributed by atoms with Gasteiger partial charge in [-0.25, -0.2) is 0 Å². The second kappa shape index (κ2) is 7.80. The average Bonchev–Trinajstić information content (AvgIpc) is 2.77. The lowest BCUT2D eigenvalue weighted by molar-refractivity contribution is -0.273. The van der Waals surface area contributed by atoms with Gasteiger partial charge in [0.1, 0.15) is 0 Å². The van der Waals surface area contributed by atoms with Gasteiger partial charge in [0.25, 0.3) is 0 Å². The first-order valence-corrected chi connectivity index (χ1v) is 14.1. The van der Waals surface area contributed by atoms with Gasteiger partial charge in [-0.15, -0.1) is 0 Å². The number of carboxylic acids is 1. The van der Waals surface area contributed by atoms with Crippen LogP contribution in [0.15, 0.2) is 11.6 Å². The minimum Gasteiger partial charge on any atom is -0.481 e. The highest BCUT2D eigenvalue weighted by Gasteiger charge is 2.72. The highest BCUT2D eigenvalue weighted by Crippen LogP contribution is 2.75. The fraction of sp³-hybridized carbons (Fsp3) is 0.900. The van der Waals surface area contributed by atoms with Crippen molar-refractivity contribution >= 4 is 5.97 Å². The standard InChI is InChI=1S/C30H48O6/c1-25(2)9-11-30(24(35)36)12-10-28(5)17(18(30)13-25)7-8-21-26(3)14-20(33)23(34)27(4,16-31)22(26)19(32)15-29(21,28)6/h7,18-23,31-34H,8-16H2,1-6H3,(H,35,36)/t18-,19?,20+,21?,22?,23-,26+,27-,28+,29+,30-/m0/s1. The number of aliphatic hydroxyl groups excluding tert-OH is 4. The molecule has 0 amide bonds. The summed E-state index contributed by atoms with van der Waals surface area (Å²) < 4.78 is 0. The maximum Gasteiger partial charge on any atom is 0.310 e. The van der Waals surface area contributed by atoms with Gasteiger partial charge in [0, 0.05) is 11.3 Å². The topological polar surface area (TPSA) is 118 Å². The van der Waals surface area contributed by atoms with Gasteiger partial charge in [0.05, 0.1) is 30.3 Å². The molecule has 5 N–H and O–H groups in total. The van der Waals surface area contributed by atoms with Gasteiger partial charge >= 0.3 is 5.97 Å². The Morgan fingerprint density at radius 2 is 1.56 bits per heavy atom. The Bertz CT molecular complexity index is 974. The zero-order valence-corrected chi connectivity index (χ0v) is 23.0. The number of allylic oxidation sites excluding steroid dienone is 2. The van der Waals surface area contributed by atoms with Crippen molar-refractivity contribution in [1.82, 2.24) is 0 Å². The number of aliphatic hydroxyl groups is 4. The van der Waals surface area contributed by atoms with Crippen molar-refractivity contribution in [2.75, 3.05) is 6.61 Å². The smallest absolute Gasteiger partial charge is 0.310 e. The van der Waals surface area contributed by atoms with E-state index in [0.717, 1.165) is 32.1 Å². The predicted octanol–water partition coefficient (Wildman–Crippen LogP) is 4.15. The lowest BCUT2D eigenvalue weighted by Gasteiger charge is -2.72. The summed E-state index contributed by atoms with van der Waals surface area (Å²) in [7, 11) is 0. The van der Waals surface area contributed by atoms with E-state index in [4.69, 9.17) is 0 Å². The first-order chi connectivity index (χ1) is 16.5. The molecule has 0 aromatic heterocycles. The van der Waals surface area contributed by atoms with Crippen LogP contribution >= 0.6 is 0 Å². The summed E-state index contributed by atoms with van der Waals surface area (Å²) in [6.07, 6.45) is 5.27. The van der Waals surface area contributed by atoms with Crippen LogP contribution in [0.2, 0.25) is 0 Å². The fourth-order valence-corrected chi connectivity index (χ4v) is 10.9. The van der Waals surface area contributed by atoms with Gasteiger partial charge < -0.3 is 25.5 Å². The second-order valence-corrected chi connectivity index (χ2v) is 15.2. The normalized spacial score (nSPS) is 55.9. The minimum absolute atomic E-state index is 0.000534. The Balaban J connectivity index is 1.64. The molecule has 0 heterocycles. The van der Waals surface area contributed by atoms with E-state index in [-0.39, 0.29) is 40.6 Å². The molecule has 36 heavy (non-hydrogen) atoms. The third-order valence-electron chi connectivity index (χ3n) is 13.0. The molecule has 0 aromatic rings. The summed E-state index contributed by atoms with van der Waals surface area (Å²) >= 11 is 0. The summed E-state index contributed by atoms with van der Waals surface area (Å²) in [6, 6.07) is 0. The Morgan fingerprint density at radius 1 is 0.917 bits per heavy atom. The molecule has 3 unspecified atom stereocenters. The van der Waals surface area contributed by atoms with Crippen molar-refractivity contribution in [2.24, 2.45) is 50.2 Å². The molecular formula is C30H48O6. The maximum atomic E-state index is 12.8. The van der Waals surface area contributed by atoms with Crippen molar-refractivity contribution < 1.29 is 30.3 Å². The van der Waals surface area contributed by atoms with Gasteiger partial charge in [0.2, 0.25) is 0 Å². The van der Waals surface area contributed by atoms with E-state index >= 15 is 0 Å².